The van der Waals surface area contributed by atoms with Gasteiger partial charge in [0, 0.05) is 0 Å². The molecule has 1 atom stereocenters. The van der Waals surface area contributed by atoms with Crippen LogP contribution in [0.15, 0.2) is 24.3 Å². The third kappa shape index (κ3) is 5.58. The standard InChI is InChI=1S/C18H27NO4/c1-6-13-9-7-8-10-15(13)23-18(4,5)17(22)19-14(16(20)21)11-12(2)3/h7-10,12,14H,6,11H2,1-5H3,(H,19,22)(H,20,21). The molecule has 0 aromatic heterocycles. The molecule has 0 aliphatic carbocycles. The molecule has 5 heteroatoms. The average Bonchev–Trinajstić information content (AvgIpc) is 2.46. The minimum Gasteiger partial charge on any atom is -0.480 e. The predicted molar refractivity (Wildman–Crippen MR) is 89.5 cm³/mol. The maximum atomic E-state index is 12.5. The van der Waals surface area contributed by atoms with Crippen LogP contribution in [0.3, 0.4) is 0 Å². The van der Waals surface area contributed by atoms with E-state index in [1.807, 2.05) is 45.0 Å². The number of carbonyl (C=O) groups excluding carboxylic acids is 1. The molecular formula is C18H27NO4. The van der Waals surface area contributed by atoms with Crippen LogP contribution in [0.25, 0.3) is 0 Å². The summed E-state index contributed by atoms with van der Waals surface area (Å²) in [5.74, 6) is -0.652. The summed E-state index contributed by atoms with van der Waals surface area (Å²) in [7, 11) is 0. The number of rotatable bonds is 8. The monoisotopic (exact) mass is 321 g/mol. The van der Waals surface area contributed by atoms with Crippen LogP contribution in [0.1, 0.15) is 46.6 Å². The number of carboxylic acid groups (broad SMARTS) is 1. The molecule has 1 amide bonds. The summed E-state index contributed by atoms with van der Waals surface area (Å²) in [6, 6.07) is 6.62. The molecule has 0 bridgehead atoms. The molecule has 0 saturated carbocycles. The van der Waals surface area contributed by atoms with Gasteiger partial charge in [-0.2, -0.15) is 0 Å². The van der Waals surface area contributed by atoms with Crippen LogP contribution in [0.4, 0.5) is 0 Å². The summed E-state index contributed by atoms with van der Waals surface area (Å²) in [6.45, 7) is 9.13. The largest absolute Gasteiger partial charge is 0.480 e. The van der Waals surface area contributed by atoms with Gasteiger partial charge in [0.2, 0.25) is 0 Å². The molecular weight excluding hydrogens is 294 g/mol. The third-order valence-electron chi connectivity index (χ3n) is 3.58. The van der Waals surface area contributed by atoms with E-state index >= 15 is 0 Å². The van der Waals surface area contributed by atoms with E-state index in [4.69, 9.17) is 4.74 Å². The van der Waals surface area contributed by atoms with Gasteiger partial charge < -0.3 is 15.2 Å². The van der Waals surface area contributed by atoms with Crippen LogP contribution in [0, 0.1) is 5.92 Å². The zero-order valence-corrected chi connectivity index (χ0v) is 14.6. The summed E-state index contributed by atoms with van der Waals surface area (Å²) in [5.41, 5.74) is -0.152. The van der Waals surface area contributed by atoms with Crippen molar-refractivity contribution in [3.05, 3.63) is 29.8 Å². The zero-order chi connectivity index (χ0) is 17.6. The number of carboxylic acids is 1. The van der Waals surface area contributed by atoms with Crippen molar-refractivity contribution in [1.29, 1.82) is 0 Å². The van der Waals surface area contributed by atoms with Crippen LogP contribution in [0.5, 0.6) is 5.75 Å². The Morgan fingerprint density at radius 1 is 1.26 bits per heavy atom. The number of nitrogens with one attached hydrogen (secondary N) is 1. The minimum absolute atomic E-state index is 0.168. The molecule has 23 heavy (non-hydrogen) atoms. The fraction of sp³-hybridized carbons (Fsp3) is 0.556. The number of ether oxygens (including phenoxy) is 1. The number of hydrogen-bond acceptors (Lipinski definition) is 3. The van der Waals surface area contributed by atoms with Gasteiger partial charge in [-0.1, -0.05) is 39.0 Å². The molecule has 1 unspecified atom stereocenters. The van der Waals surface area contributed by atoms with E-state index in [2.05, 4.69) is 5.32 Å². The summed E-state index contributed by atoms with van der Waals surface area (Å²) in [4.78, 5) is 23.8. The van der Waals surface area contributed by atoms with E-state index < -0.39 is 23.5 Å². The average molecular weight is 321 g/mol. The van der Waals surface area contributed by atoms with Gasteiger partial charge in [0.15, 0.2) is 5.60 Å². The lowest BCUT2D eigenvalue weighted by molar-refractivity contribution is -0.145. The molecule has 0 fully saturated rings. The Balaban J connectivity index is 2.85. The van der Waals surface area contributed by atoms with Crippen molar-refractivity contribution in [1.82, 2.24) is 5.32 Å². The highest BCUT2D eigenvalue weighted by atomic mass is 16.5. The lowest BCUT2D eigenvalue weighted by Gasteiger charge is -2.28. The number of amides is 1. The van der Waals surface area contributed by atoms with Gasteiger partial charge >= 0.3 is 5.97 Å². The van der Waals surface area contributed by atoms with Gasteiger partial charge in [0.1, 0.15) is 11.8 Å². The topological polar surface area (TPSA) is 75.6 Å². The number of aliphatic carboxylic acids is 1. The second-order valence-corrected chi connectivity index (χ2v) is 6.57. The zero-order valence-electron chi connectivity index (χ0n) is 14.6. The van der Waals surface area contributed by atoms with Gasteiger partial charge in [-0.05, 0) is 44.2 Å². The van der Waals surface area contributed by atoms with E-state index in [9.17, 15) is 14.7 Å². The molecule has 1 rings (SSSR count). The maximum Gasteiger partial charge on any atom is 0.326 e. The molecule has 0 aliphatic rings. The number of aryl methyl sites for hydroxylation is 1. The van der Waals surface area contributed by atoms with E-state index in [-0.39, 0.29) is 5.92 Å². The van der Waals surface area contributed by atoms with Crippen molar-refractivity contribution < 1.29 is 19.4 Å². The van der Waals surface area contributed by atoms with Crippen LogP contribution >= 0.6 is 0 Å². The lowest BCUT2D eigenvalue weighted by Crippen LogP contribution is -2.52. The summed E-state index contributed by atoms with van der Waals surface area (Å²) in [5, 5.41) is 11.8. The smallest absolute Gasteiger partial charge is 0.326 e. The highest BCUT2D eigenvalue weighted by molar-refractivity contribution is 5.89. The molecule has 5 nitrogen and oxygen atoms in total. The molecule has 128 valence electrons. The van der Waals surface area contributed by atoms with Crippen LogP contribution < -0.4 is 10.1 Å². The van der Waals surface area contributed by atoms with Crippen molar-refractivity contribution in [3.63, 3.8) is 0 Å². The van der Waals surface area contributed by atoms with Crippen molar-refractivity contribution in [3.8, 4) is 5.75 Å². The first kappa shape index (κ1) is 19.0. The number of benzene rings is 1. The van der Waals surface area contributed by atoms with E-state index in [0.29, 0.717) is 12.2 Å². The SMILES string of the molecule is CCc1ccccc1OC(C)(C)C(=O)NC(CC(C)C)C(=O)O. The fourth-order valence-electron chi connectivity index (χ4n) is 2.24. The van der Waals surface area contributed by atoms with Crippen LogP contribution in [0.2, 0.25) is 0 Å². The highest BCUT2D eigenvalue weighted by Gasteiger charge is 2.34. The van der Waals surface area contributed by atoms with Gasteiger partial charge in [-0.3, -0.25) is 4.79 Å². The van der Waals surface area contributed by atoms with Crippen LogP contribution in [-0.2, 0) is 16.0 Å². The normalized spacial score (nSPS) is 12.8. The van der Waals surface area contributed by atoms with E-state index in [0.717, 1.165) is 12.0 Å². The molecule has 0 aliphatic heterocycles. The van der Waals surface area contributed by atoms with Gasteiger partial charge in [0.05, 0.1) is 0 Å². The third-order valence-corrected chi connectivity index (χ3v) is 3.58. The maximum absolute atomic E-state index is 12.5. The summed E-state index contributed by atoms with van der Waals surface area (Å²) in [6.07, 6.45) is 1.17. The highest BCUT2D eigenvalue weighted by Crippen LogP contribution is 2.24. The Morgan fingerprint density at radius 3 is 2.39 bits per heavy atom. The minimum atomic E-state index is -1.16. The van der Waals surface area contributed by atoms with Gasteiger partial charge in [-0.25, -0.2) is 4.79 Å². The molecule has 0 spiro atoms. The molecule has 2 N–H and O–H groups in total. The fourth-order valence-corrected chi connectivity index (χ4v) is 2.24. The first-order valence-electron chi connectivity index (χ1n) is 7.98. The van der Waals surface area contributed by atoms with Crippen molar-refractivity contribution in [2.75, 3.05) is 0 Å². The molecule has 0 saturated heterocycles. The Kier molecular flexibility index (Phi) is 6.61. The summed E-state index contributed by atoms with van der Waals surface area (Å²) < 4.78 is 5.87. The quantitative estimate of drug-likeness (QED) is 0.772. The van der Waals surface area contributed by atoms with Crippen LogP contribution in [-0.4, -0.2) is 28.6 Å². The number of carbonyl (C=O) groups is 2. The molecule has 0 radical (unpaired) electrons. The van der Waals surface area contributed by atoms with E-state index in [1.54, 1.807) is 13.8 Å². The Bertz CT molecular complexity index is 552. The lowest BCUT2D eigenvalue weighted by atomic mass is 10.0. The second kappa shape index (κ2) is 7.99. The Labute approximate surface area is 138 Å². The second-order valence-electron chi connectivity index (χ2n) is 6.57. The summed E-state index contributed by atoms with van der Waals surface area (Å²) >= 11 is 0. The number of hydrogen-bond donors (Lipinski definition) is 2. The van der Waals surface area contributed by atoms with Gasteiger partial charge in [-0.15, -0.1) is 0 Å². The van der Waals surface area contributed by atoms with Crippen molar-refractivity contribution >= 4 is 11.9 Å². The first-order valence-corrected chi connectivity index (χ1v) is 7.98. The number of para-hydroxylation sites is 1. The first-order chi connectivity index (χ1) is 10.7. The van der Waals surface area contributed by atoms with Gasteiger partial charge in [0.25, 0.3) is 5.91 Å². The molecule has 1 aromatic rings. The van der Waals surface area contributed by atoms with E-state index in [1.165, 1.54) is 0 Å². The van der Waals surface area contributed by atoms with Crippen molar-refractivity contribution in [2.24, 2.45) is 5.92 Å². The predicted octanol–water partition coefficient (Wildman–Crippen LogP) is 3.02. The Morgan fingerprint density at radius 2 is 1.87 bits per heavy atom. The molecule has 0 heterocycles. The van der Waals surface area contributed by atoms with Crippen molar-refractivity contribution in [2.45, 2.75) is 59.1 Å². The molecule has 1 aromatic carbocycles. The Hall–Kier alpha value is -2.04.